The van der Waals surface area contributed by atoms with Crippen LogP contribution in [0.1, 0.15) is 116 Å². The fourth-order valence-corrected chi connectivity index (χ4v) is 7.79. The molecule has 230 valence electrons. The van der Waals surface area contributed by atoms with Crippen LogP contribution >= 0.6 is 0 Å². The van der Waals surface area contributed by atoms with E-state index in [0.717, 1.165) is 42.6 Å². The number of unbranched alkanes of at least 4 members (excludes halogenated alkanes) is 8. The lowest BCUT2D eigenvalue weighted by molar-refractivity contribution is 0.0255. The van der Waals surface area contributed by atoms with Crippen molar-refractivity contribution < 1.29 is 9.53 Å². The highest BCUT2D eigenvalue weighted by Crippen LogP contribution is 2.54. The molecule has 0 bridgehead atoms. The Morgan fingerprint density at radius 2 is 1.05 bits per heavy atom. The van der Waals surface area contributed by atoms with Crippen molar-refractivity contribution in [3.8, 4) is 0 Å². The van der Waals surface area contributed by atoms with Crippen LogP contribution in [0.25, 0.3) is 21.8 Å². The van der Waals surface area contributed by atoms with Crippen molar-refractivity contribution in [3.05, 3.63) is 106 Å². The van der Waals surface area contributed by atoms with Crippen LogP contribution in [0.15, 0.2) is 72.8 Å². The van der Waals surface area contributed by atoms with Crippen molar-refractivity contribution in [1.82, 2.24) is 9.13 Å². The van der Waals surface area contributed by atoms with Crippen LogP contribution in [0.2, 0.25) is 0 Å². The summed E-state index contributed by atoms with van der Waals surface area (Å²) in [7, 11) is 0. The number of nitrogens with zero attached hydrogens (tertiary/aromatic N) is 2. The highest BCUT2D eigenvalue weighted by molar-refractivity contribution is 6.01. The smallest absolute Gasteiger partial charge is 0.340 e. The van der Waals surface area contributed by atoms with Gasteiger partial charge in [-0.05, 0) is 44.9 Å². The van der Waals surface area contributed by atoms with E-state index in [4.69, 9.17) is 4.74 Å². The number of hydrogen-bond acceptors (Lipinski definition) is 2. The first-order valence-corrected chi connectivity index (χ1v) is 17.0. The van der Waals surface area contributed by atoms with Crippen molar-refractivity contribution in [3.63, 3.8) is 0 Å². The van der Waals surface area contributed by atoms with E-state index in [9.17, 15) is 4.79 Å². The van der Waals surface area contributed by atoms with Gasteiger partial charge < -0.3 is 13.9 Å². The van der Waals surface area contributed by atoms with Crippen molar-refractivity contribution >= 4 is 27.8 Å². The Balaban J connectivity index is 1.58. The number of para-hydroxylation sites is 2. The van der Waals surface area contributed by atoms with E-state index >= 15 is 0 Å². The van der Waals surface area contributed by atoms with E-state index in [1.165, 1.54) is 84.6 Å². The zero-order valence-corrected chi connectivity index (χ0v) is 27.1. The molecule has 3 aromatic carbocycles. The number of fused-ring (bicyclic) bond motifs is 3. The van der Waals surface area contributed by atoms with Gasteiger partial charge in [0.1, 0.15) is 0 Å². The quantitative estimate of drug-likeness (QED) is 0.0955. The summed E-state index contributed by atoms with van der Waals surface area (Å²) < 4.78 is 11.8. The van der Waals surface area contributed by atoms with Gasteiger partial charge in [0.2, 0.25) is 0 Å². The van der Waals surface area contributed by atoms with Gasteiger partial charge in [-0.25, -0.2) is 4.79 Å². The van der Waals surface area contributed by atoms with Gasteiger partial charge in [-0.3, -0.25) is 0 Å². The van der Waals surface area contributed by atoms with Crippen LogP contribution in [0.4, 0.5) is 0 Å². The first-order valence-electron chi connectivity index (χ1n) is 17.0. The number of hydrogen-bond donors (Lipinski definition) is 0. The maximum atomic E-state index is 13.8. The molecule has 0 unspecified atom stereocenters. The Kier molecular flexibility index (Phi) is 8.98. The van der Waals surface area contributed by atoms with Crippen molar-refractivity contribution in [2.45, 2.75) is 111 Å². The van der Waals surface area contributed by atoms with Crippen LogP contribution < -0.4 is 0 Å². The average molecular weight is 589 g/mol. The molecule has 2 aromatic heterocycles. The molecule has 0 saturated carbocycles. The summed E-state index contributed by atoms with van der Waals surface area (Å²) in [5.41, 5.74) is 7.58. The maximum Gasteiger partial charge on any atom is 0.340 e. The molecule has 4 heteroatoms. The molecule has 6 rings (SSSR count). The number of carbonyl (C=O) groups excluding carboxylic acids is 1. The third-order valence-corrected chi connectivity index (χ3v) is 9.91. The highest BCUT2D eigenvalue weighted by Gasteiger charge is 2.53. The molecule has 1 aliphatic heterocycles. The number of rotatable bonds is 14. The largest absolute Gasteiger partial charge is 0.440 e. The third-order valence-electron chi connectivity index (χ3n) is 9.91. The summed E-state index contributed by atoms with van der Waals surface area (Å²) >= 11 is 0. The molecule has 0 aliphatic carbocycles. The summed E-state index contributed by atoms with van der Waals surface area (Å²) in [6.45, 7) is 10.9. The van der Waals surface area contributed by atoms with Crippen molar-refractivity contribution in [2.24, 2.45) is 0 Å². The summed E-state index contributed by atoms with van der Waals surface area (Å²) in [4.78, 5) is 13.8. The first-order chi connectivity index (χ1) is 21.5. The Hall–Kier alpha value is -3.79. The fraction of sp³-hybridized carbons (Fsp3) is 0.425. The Morgan fingerprint density at radius 3 is 1.57 bits per heavy atom. The van der Waals surface area contributed by atoms with Gasteiger partial charge in [0, 0.05) is 63.0 Å². The summed E-state index contributed by atoms with van der Waals surface area (Å²) in [6, 6.07) is 25.5. The molecule has 0 saturated heterocycles. The minimum Gasteiger partial charge on any atom is -0.440 e. The molecule has 5 aromatic rings. The van der Waals surface area contributed by atoms with E-state index < -0.39 is 5.60 Å². The normalized spacial score (nSPS) is 14.0. The molecule has 0 radical (unpaired) electrons. The molecule has 0 N–H and O–H groups in total. The highest BCUT2D eigenvalue weighted by atomic mass is 16.6. The van der Waals surface area contributed by atoms with Gasteiger partial charge in [-0.15, -0.1) is 0 Å². The third kappa shape index (κ3) is 5.06. The molecule has 1 aliphatic rings. The second kappa shape index (κ2) is 13.1. The zero-order valence-electron chi connectivity index (χ0n) is 27.1. The number of esters is 1. The van der Waals surface area contributed by atoms with Crippen molar-refractivity contribution in [2.75, 3.05) is 0 Å². The molecule has 0 fully saturated rings. The van der Waals surface area contributed by atoms with E-state index in [-0.39, 0.29) is 5.97 Å². The lowest BCUT2D eigenvalue weighted by Crippen LogP contribution is -2.31. The number of aromatic nitrogens is 2. The molecule has 0 amide bonds. The van der Waals surface area contributed by atoms with E-state index in [1.807, 2.05) is 12.1 Å². The number of aryl methyl sites for hydroxylation is 2. The van der Waals surface area contributed by atoms with Crippen LogP contribution in [-0.4, -0.2) is 15.1 Å². The van der Waals surface area contributed by atoms with E-state index in [0.29, 0.717) is 5.56 Å². The molecule has 0 atom stereocenters. The second-order valence-corrected chi connectivity index (χ2v) is 12.7. The SMILES string of the molecule is CCCCCCCn1c(C)c(C2(c3c(C)n(CCCCCCC)c4ccccc34)OC(=O)c3ccccc32)c2ccccc21. The standard InChI is InChI=1S/C40H48N2O2/c1-5-7-9-11-19-27-41-29(3)37(32-22-14-17-25-35(32)41)40(34-24-16-13-21-31(34)39(43)44-40)38-30(4)42(28-20-12-10-8-6-2)36-26-18-15-23-33(36)38/h13-18,21-26H,5-12,19-20,27-28H2,1-4H3. The zero-order chi connectivity index (χ0) is 30.7. The van der Waals surface area contributed by atoms with Crippen LogP contribution in [-0.2, 0) is 23.4 Å². The Bertz CT molecular complexity index is 1670. The number of cyclic esters (lactones) is 1. The maximum absolute atomic E-state index is 13.8. The second-order valence-electron chi connectivity index (χ2n) is 12.7. The van der Waals surface area contributed by atoms with Crippen molar-refractivity contribution in [1.29, 1.82) is 0 Å². The number of ether oxygens (including phenoxy) is 1. The molecular formula is C40H48N2O2. The fourth-order valence-electron chi connectivity index (χ4n) is 7.79. The first kappa shape index (κ1) is 30.2. The summed E-state index contributed by atoms with van der Waals surface area (Å²) in [5, 5.41) is 2.33. The minimum atomic E-state index is -1.04. The van der Waals surface area contributed by atoms with Crippen LogP contribution in [0, 0.1) is 13.8 Å². The molecular weight excluding hydrogens is 540 g/mol. The molecule has 4 nitrogen and oxygen atoms in total. The predicted octanol–water partition coefficient (Wildman–Crippen LogP) is 10.6. The van der Waals surface area contributed by atoms with Crippen LogP contribution in [0.5, 0.6) is 0 Å². The molecule has 0 spiro atoms. The average Bonchev–Trinajstić information content (AvgIpc) is 3.61. The monoisotopic (exact) mass is 588 g/mol. The van der Waals surface area contributed by atoms with E-state index in [1.54, 1.807) is 0 Å². The minimum absolute atomic E-state index is 0.243. The number of benzene rings is 3. The topological polar surface area (TPSA) is 36.2 Å². The predicted molar refractivity (Wildman–Crippen MR) is 183 cm³/mol. The molecule has 3 heterocycles. The summed E-state index contributed by atoms with van der Waals surface area (Å²) in [5.74, 6) is -0.243. The van der Waals surface area contributed by atoms with Gasteiger partial charge in [0.25, 0.3) is 0 Å². The van der Waals surface area contributed by atoms with Gasteiger partial charge in [-0.2, -0.15) is 0 Å². The van der Waals surface area contributed by atoms with Gasteiger partial charge in [0.15, 0.2) is 5.60 Å². The Morgan fingerprint density at radius 1 is 0.591 bits per heavy atom. The lowest BCUT2D eigenvalue weighted by Gasteiger charge is -2.31. The Labute approximate surface area is 263 Å². The van der Waals surface area contributed by atoms with Crippen LogP contribution in [0.3, 0.4) is 0 Å². The van der Waals surface area contributed by atoms with E-state index in [2.05, 4.69) is 97.5 Å². The number of carbonyl (C=O) groups is 1. The van der Waals surface area contributed by atoms with Gasteiger partial charge in [-0.1, -0.05) is 120 Å². The van der Waals surface area contributed by atoms with Gasteiger partial charge >= 0.3 is 5.97 Å². The van der Waals surface area contributed by atoms with Gasteiger partial charge in [0.05, 0.1) is 5.56 Å². The lowest BCUT2D eigenvalue weighted by atomic mass is 9.77. The summed E-state index contributed by atoms with van der Waals surface area (Å²) in [6.07, 6.45) is 12.3. The molecule has 44 heavy (non-hydrogen) atoms.